The van der Waals surface area contributed by atoms with Gasteiger partial charge in [0.2, 0.25) is 11.8 Å². The standard InChI is InChI=1S/C31H40ClFN2O9S/c1-17(2)30(35-27(37)12-19-11-20(43-14-29(40)42-5)9-10-26(19)44-18(3)4)31(41)34-24(13-28(38)39)25(36)16-45-15-21-22(32)7-6-8-23(21)33/h6-9,11,17-18,24,26,30H,10,12-16H2,1-5H3,(H,34,41)(H,35,37)(H,38,39)/t24?,26?,30-/m0/s1. The number of ketones is 1. The van der Waals surface area contributed by atoms with E-state index in [1.165, 1.54) is 25.3 Å². The van der Waals surface area contributed by atoms with Crippen LogP contribution in [-0.4, -0.2) is 78.4 Å². The molecular formula is C31H40ClFN2O9S. The van der Waals surface area contributed by atoms with Crippen molar-refractivity contribution in [2.75, 3.05) is 19.5 Å². The number of carboxylic acid groups (broad SMARTS) is 1. The normalized spacial score (nSPS) is 15.9. The molecule has 3 N–H and O–H groups in total. The number of nitrogens with one attached hydrogen (secondary N) is 2. The second kappa shape index (κ2) is 18.5. The number of allylic oxidation sites excluding steroid dienone is 1. The Morgan fingerprint density at radius 1 is 1.13 bits per heavy atom. The molecule has 3 atom stereocenters. The first-order chi connectivity index (χ1) is 21.2. The molecule has 248 valence electrons. The molecule has 2 rings (SSSR count). The largest absolute Gasteiger partial charge is 0.482 e. The summed E-state index contributed by atoms with van der Waals surface area (Å²) in [7, 11) is 1.24. The van der Waals surface area contributed by atoms with Crippen LogP contribution in [0.25, 0.3) is 0 Å². The first-order valence-corrected chi connectivity index (χ1v) is 15.9. The second-order valence-electron chi connectivity index (χ2n) is 10.9. The smallest absolute Gasteiger partial charge is 0.343 e. The van der Waals surface area contributed by atoms with E-state index in [4.69, 9.17) is 21.1 Å². The zero-order chi connectivity index (χ0) is 33.7. The summed E-state index contributed by atoms with van der Waals surface area (Å²) in [6.07, 6.45) is 2.32. The number of aliphatic carboxylic acids is 1. The van der Waals surface area contributed by atoms with Gasteiger partial charge in [-0.05, 0) is 56.0 Å². The van der Waals surface area contributed by atoms with Gasteiger partial charge in [-0.2, -0.15) is 0 Å². The van der Waals surface area contributed by atoms with Gasteiger partial charge in [-0.25, -0.2) is 9.18 Å². The first kappa shape index (κ1) is 37.8. The lowest BCUT2D eigenvalue weighted by molar-refractivity contribution is -0.144. The quantitative estimate of drug-likeness (QED) is 0.195. The maximum atomic E-state index is 14.1. The molecular weight excluding hydrogens is 631 g/mol. The van der Waals surface area contributed by atoms with Crippen LogP contribution in [0.3, 0.4) is 0 Å². The van der Waals surface area contributed by atoms with Crippen molar-refractivity contribution >= 4 is 52.9 Å². The second-order valence-corrected chi connectivity index (χ2v) is 12.3. The van der Waals surface area contributed by atoms with Crippen molar-refractivity contribution in [3.8, 4) is 0 Å². The number of benzene rings is 1. The van der Waals surface area contributed by atoms with Gasteiger partial charge in [-0.1, -0.05) is 31.5 Å². The molecule has 0 aromatic heterocycles. The molecule has 1 aliphatic rings. The molecule has 1 aromatic rings. The van der Waals surface area contributed by atoms with E-state index in [0.29, 0.717) is 17.8 Å². The van der Waals surface area contributed by atoms with Crippen molar-refractivity contribution in [2.24, 2.45) is 5.92 Å². The fraction of sp³-hybridized carbons (Fsp3) is 0.516. The Kier molecular flexibility index (Phi) is 15.5. The molecule has 1 aliphatic carbocycles. The molecule has 0 saturated carbocycles. The van der Waals surface area contributed by atoms with Crippen LogP contribution >= 0.6 is 23.4 Å². The minimum atomic E-state index is -1.37. The van der Waals surface area contributed by atoms with Crippen LogP contribution in [0.15, 0.2) is 41.7 Å². The van der Waals surface area contributed by atoms with Gasteiger partial charge < -0.3 is 30.0 Å². The predicted molar refractivity (Wildman–Crippen MR) is 167 cm³/mol. The van der Waals surface area contributed by atoms with Gasteiger partial charge in [0.15, 0.2) is 12.4 Å². The number of carbonyl (C=O) groups excluding carboxylic acids is 4. The van der Waals surface area contributed by atoms with E-state index in [1.807, 2.05) is 13.8 Å². The van der Waals surface area contributed by atoms with E-state index in [2.05, 4.69) is 15.4 Å². The number of methoxy groups -OCH3 is 1. The Morgan fingerprint density at radius 2 is 1.84 bits per heavy atom. The zero-order valence-electron chi connectivity index (χ0n) is 25.9. The third-order valence-corrected chi connectivity index (χ3v) is 7.90. The molecule has 11 nitrogen and oxygen atoms in total. The molecule has 0 heterocycles. The summed E-state index contributed by atoms with van der Waals surface area (Å²) < 4.78 is 30.1. The maximum absolute atomic E-state index is 14.1. The molecule has 0 aliphatic heterocycles. The summed E-state index contributed by atoms with van der Waals surface area (Å²) in [4.78, 5) is 62.4. The number of carboxylic acids is 1. The van der Waals surface area contributed by atoms with Crippen molar-refractivity contribution in [3.63, 3.8) is 0 Å². The third kappa shape index (κ3) is 12.8. The molecule has 0 spiro atoms. The van der Waals surface area contributed by atoms with Gasteiger partial charge in [0.1, 0.15) is 17.6 Å². The van der Waals surface area contributed by atoms with Crippen molar-refractivity contribution < 1.29 is 47.7 Å². The molecule has 0 radical (unpaired) electrons. The van der Waals surface area contributed by atoms with Gasteiger partial charge >= 0.3 is 11.9 Å². The fourth-order valence-electron chi connectivity index (χ4n) is 4.30. The van der Waals surface area contributed by atoms with Crippen LogP contribution in [0, 0.1) is 11.7 Å². The molecule has 0 bridgehead atoms. The number of Topliss-reactive ketones (excluding diaryl/α,β-unsaturated/α-hetero) is 1. The highest BCUT2D eigenvalue weighted by molar-refractivity contribution is 7.99. The SMILES string of the molecule is COC(=O)COC1=CCC(OC(C)C)C(CC(=O)N[C@H](C(=O)NC(CC(=O)O)C(=O)CSCc2c(F)cccc2Cl)C(C)C)=C1. The number of ether oxygens (including phenoxy) is 3. The number of thioether (sulfide) groups is 1. The van der Waals surface area contributed by atoms with E-state index in [0.717, 1.165) is 11.8 Å². The molecule has 14 heteroatoms. The summed E-state index contributed by atoms with van der Waals surface area (Å²) in [6.45, 7) is 6.78. The number of esters is 1. The number of hydrogen-bond donors (Lipinski definition) is 3. The van der Waals surface area contributed by atoms with Crippen LogP contribution in [0.1, 0.15) is 52.5 Å². The average Bonchev–Trinajstić information content (AvgIpc) is 2.96. The number of rotatable bonds is 18. The predicted octanol–water partition coefficient (Wildman–Crippen LogP) is 3.97. The van der Waals surface area contributed by atoms with Crippen molar-refractivity contribution in [2.45, 2.75) is 77.0 Å². The van der Waals surface area contributed by atoms with E-state index in [9.17, 15) is 33.5 Å². The highest BCUT2D eigenvalue weighted by Crippen LogP contribution is 2.26. The summed E-state index contributed by atoms with van der Waals surface area (Å²) in [5, 5.41) is 14.7. The Balaban J connectivity index is 2.10. The van der Waals surface area contributed by atoms with Crippen LogP contribution in [-0.2, 0) is 43.9 Å². The lowest BCUT2D eigenvalue weighted by atomic mass is 9.96. The fourth-order valence-corrected chi connectivity index (χ4v) is 5.61. The van der Waals surface area contributed by atoms with Crippen LogP contribution in [0.2, 0.25) is 5.02 Å². The van der Waals surface area contributed by atoms with Crippen molar-refractivity contribution in [1.29, 1.82) is 0 Å². The highest BCUT2D eigenvalue weighted by Gasteiger charge is 2.31. The molecule has 45 heavy (non-hydrogen) atoms. The van der Waals surface area contributed by atoms with Gasteiger partial charge in [-0.15, -0.1) is 11.8 Å². The Labute approximate surface area is 271 Å². The third-order valence-electron chi connectivity index (χ3n) is 6.56. The minimum absolute atomic E-state index is 0.0671. The minimum Gasteiger partial charge on any atom is -0.482 e. The van der Waals surface area contributed by atoms with Crippen molar-refractivity contribution in [3.05, 3.63) is 58.1 Å². The molecule has 2 unspecified atom stereocenters. The lowest BCUT2D eigenvalue weighted by Gasteiger charge is -2.27. The van der Waals surface area contributed by atoms with Gasteiger partial charge in [0.25, 0.3) is 0 Å². The lowest BCUT2D eigenvalue weighted by Crippen LogP contribution is -2.54. The molecule has 1 aromatic carbocycles. The van der Waals surface area contributed by atoms with Crippen LogP contribution < -0.4 is 10.6 Å². The first-order valence-electron chi connectivity index (χ1n) is 14.3. The average molecular weight is 671 g/mol. The van der Waals surface area contributed by atoms with E-state index in [1.54, 1.807) is 26.0 Å². The summed E-state index contributed by atoms with van der Waals surface area (Å²) in [5.41, 5.74) is 0.780. The number of hydrogen-bond acceptors (Lipinski definition) is 9. The van der Waals surface area contributed by atoms with Gasteiger partial charge in [-0.3, -0.25) is 19.2 Å². The van der Waals surface area contributed by atoms with Gasteiger partial charge in [0.05, 0.1) is 44.0 Å². The molecule has 2 amide bonds. The Bertz CT molecular complexity index is 1280. The highest BCUT2D eigenvalue weighted by atomic mass is 35.5. The summed E-state index contributed by atoms with van der Waals surface area (Å²) >= 11 is 7.07. The van der Waals surface area contributed by atoms with E-state index < -0.39 is 65.9 Å². The number of amides is 2. The number of halogens is 2. The van der Waals surface area contributed by atoms with Crippen LogP contribution in [0.4, 0.5) is 4.39 Å². The van der Waals surface area contributed by atoms with Crippen molar-refractivity contribution in [1.82, 2.24) is 10.6 Å². The summed E-state index contributed by atoms with van der Waals surface area (Å²) in [5.74, 6) is -4.41. The topological polar surface area (TPSA) is 157 Å². The van der Waals surface area contributed by atoms with E-state index in [-0.39, 0.29) is 41.2 Å². The molecule has 0 saturated heterocycles. The Morgan fingerprint density at radius 3 is 2.44 bits per heavy atom. The molecule has 0 fully saturated rings. The number of carbonyl (C=O) groups is 5. The zero-order valence-corrected chi connectivity index (χ0v) is 27.5. The Hall–Kier alpha value is -3.42. The van der Waals surface area contributed by atoms with Gasteiger partial charge in [0, 0.05) is 16.3 Å². The maximum Gasteiger partial charge on any atom is 0.343 e. The van der Waals surface area contributed by atoms with E-state index >= 15 is 0 Å². The summed E-state index contributed by atoms with van der Waals surface area (Å²) in [6, 6.07) is 1.76. The van der Waals surface area contributed by atoms with Crippen LogP contribution in [0.5, 0.6) is 0 Å². The monoisotopic (exact) mass is 670 g/mol.